The predicted octanol–water partition coefficient (Wildman–Crippen LogP) is 1.62. The summed E-state index contributed by atoms with van der Waals surface area (Å²) in [6.07, 6.45) is 2.16. The van der Waals surface area contributed by atoms with Gasteiger partial charge in [0.15, 0.2) is 0 Å². The zero-order valence-electron chi connectivity index (χ0n) is 11.9. The Hall–Kier alpha value is -2.04. The molecular formula is C15H20N2O3. The van der Waals surface area contributed by atoms with Crippen molar-refractivity contribution in [2.24, 2.45) is 0 Å². The molecule has 0 aliphatic carbocycles. The number of carbonyl (C=O) groups excluding carboxylic acids is 1. The van der Waals surface area contributed by atoms with Crippen molar-refractivity contribution >= 4 is 17.6 Å². The summed E-state index contributed by atoms with van der Waals surface area (Å²) in [4.78, 5) is 26.6. The van der Waals surface area contributed by atoms with Gasteiger partial charge in [-0.05, 0) is 30.5 Å². The van der Waals surface area contributed by atoms with Crippen molar-refractivity contribution in [3.63, 3.8) is 0 Å². The fourth-order valence-electron chi connectivity index (χ4n) is 2.59. The summed E-state index contributed by atoms with van der Waals surface area (Å²) in [5, 5.41) is 9.24. The third kappa shape index (κ3) is 2.92. The lowest BCUT2D eigenvalue weighted by molar-refractivity contribution is -0.128. The number of rotatable bonds is 4. The number of nitrogens with zero attached hydrogens (tertiary/aromatic N) is 2. The SMILES string of the molecule is CN(C)C(=O)CCN1CCCc2c(C(=O)O)cccc21. The van der Waals surface area contributed by atoms with Crippen molar-refractivity contribution in [1.82, 2.24) is 4.90 Å². The summed E-state index contributed by atoms with van der Waals surface area (Å²) >= 11 is 0. The summed E-state index contributed by atoms with van der Waals surface area (Å²) in [5.74, 6) is -0.792. The molecule has 1 heterocycles. The van der Waals surface area contributed by atoms with Gasteiger partial charge in [0.05, 0.1) is 5.56 Å². The third-order valence-corrected chi connectivity index (χ3v) is 3.67. The highest BCUT2D eigenvalue weighted by atomic mass is 16.4. The van der Waals surface area contributed by atoms with E-state index in [-0.39, 0.29) is 5.91 Å². The average Bonchev–Trinajstić information content (AvgIpc) is 2.43. The maximum absolute atomic E-state index is 11.7. The van der Waals surface area contributed by atoms with Crippen molar-refractivity contribution < 1.29 is 14.7 Å². The molecule has 1 aromatic rings. The van der Waals surface area contributed by atoms with Gasteiger partial charge in [0.2, 0.25) is 5.91 Å². The molecule has 0 saturated heterocycles. The Morgan fingerprint density at radius 1 is 1.35 bits per heavy atom. The Morgan fingerprint density at radius 2 is 2.10 bits per heavy atom. The average molecular weight is 276 g/mol. The van der Waals surface area contributed by atoms with Crippen molar-refractivity contribution in [2.75, 3.05) is 32.1 Å². The van der Waals surface area contributed by atoms with Gasteiger partial charge in [-0.15, -0.1) is 0 Å². The molecule has 1 aliphatic heterocycles. The van der Waals surface area contributed by atoms with E-state index in [4.69, 9.17) is 0 Å². The number of amides is 1. The minimum Gasteiger partial charge on any atom is -0.478 e. The fraction of sp³-hybridized carbons (Fsp3) is 0.467. The smallest absolute Gasteiger partial charge is 0.336 e. The normalized spacial score (nSPS) is 13.8. The minimum atomic E-state index is -0.881. The topological polar surface area (TPSA) is 60.9 Å². The summed E-state index contributed by atoms with van der Waals surface area (Å²) in [6, 6.07) is 5.37. The van der Waals surface area contributed by atoms with E-state index < -0.39 is 5.97 Å². The van der Waals surface area contributed by atoms with E-state index in [1.165, 1.54) is 0 Å². The number of aromatic carboxylic acids is 1. The predicted molar refractivity (Wildman–Crippen MR) is 77.2 cm³/mol. The number of benzene rings is 1. The molecule has 0 radical (unpaired) electrons. The zero-order valence-corrected chi connectivity index (χ0v) is 11.9. The maximum atomic E-state index is 11.7. The van der Waals surface area contributed by atoms with Gasteiger partial charge in [-0.2, -0.15) is 0 Å². The molecule has 5 nitrogen and oxygen atoms in total. The second kappa shape index (κ2) is 5.94. The Morgan fingerprint density at radius 3 is 2.75 bits per heavy atom. The number of carboxylic acid groups (broad SMARTS) is 1. The molecule has 1 N–H and O–H groups in total. The van der Waals surface area contributed by atoms with E-state index in [1.54, 1.807) is 31.1 Å². The van der Waals surface area contributed by atoms with Crippen LogP contribution >= 0.6 is 0 Å². The maximum Gasteiger partial charge on any atom is 0.336 e. The van der Waals surface area contributed by atoms with Crippen LogP contribution in [-0.4, -0.2) is 49.1 Å². The van der Waals surface area contributed by atoms with E-state index >= 15 is 0 Å². The number of carboxylic acids is 1. The van der Waals surface area contributed by atoms with E-state index in [0.29, 0.717) is 18.5 Å². The molecule has 5 heteroatoms. The third-order valence-electron chi connectivity index (χ3n) is 3.67. The van der Waals surface area contributed by atoms with E-state index in [1.807, 2.05) is 6.07 Å². The molecular weight excluding hydrogens is 256 g/mol. The number of anilines is 1. The molecule has 2 rings (SSSR count). The Labute approximate surface area is 118 Å². The van der Waals surface area contributed by atoms with E-state index in [2.05, 4.69) is 4.90 Å². The van der Waals surface area contributed by atoms with Crippen LogP contribution in [0, 0.1) is 0 Å². The second-order valence-corrected chi connectivity index (χ2v) is 5.24. The Kier molecular flexibility index (Phi) is 4.27. The molecule has 0 unspecified atom stereocenters. The first-order valence-electron chi connectivity index (χ1n) is 6.81. The van der Waals surface area contributed by atoms with E-state index in [9.17, 15) is 14.7 Å². The van der Waals surface area contributed by atoms with Crippen molar-refractivity contribution in [2.45, 2.75) is 19.3 Å². The van der Waals surface area contributed by atoms with Crippen molar-refractivity contribution in [1.29, 1.82) is 0 Å². The molecule has 0 fully saturated rings. The fourth-order valence-corrected chi connectivity index (χ4v) is 2.59. The minimum absolute atomic E-state index is 0.0894. The summed E-state index contributed by atoms with van der Waals surface area (Å²) in [6.45, 7) is 1.50. The van der Waals surface area contributed by atoms with Gasteiger partial charge in [0.1, 0.15) is 0 Å². The van der Waals surface area contributed by atoms with Crippen LogP contribution in [0.2, 0.25) is 0 Å². The molecule has 108 valence electrons. The molecule has 20 heavy (non-hydrogen) atoms. The molecule has 0 atom stereocenters. The first-order valence-corrected chi connectivity index (χ1v) is 6.81. The van der Waals surface area contributed by atoms with Crippen LogP contribution in [0.4, 0.5) is 5.69 Å². The second-order valence-electron chi connectivity index (χ2n) is 5.24. The highest BCUT2D eigenvalue weighted by Gasteiger charge is 2.22. The molecule has 1 amide bonds. The first kappa shape index (κ1) is 14.4. The van der Waals surface area contributed by atoms with Gasteiger partial charge in [0, 0.05) is 39.3 Å². The van der Waals surface area contributed by atoms with Gasteiger partial charge < -0.3 is 14.9 Å². The van der Waals surface area contributed by atoms with Crippen LogP contribution in [0.1, 0.15) is 28.8 Å². The largest absolute Gasteiger partial charge is 0.478 e. The summed E-state index contributed by atoms with van der Waals surface area (Å²) in [7, 11) is 3.49. The summed E-state index contributed by atoms with van der Waals surface area (Å²) in [5.41, 5.74) is 2.23. The quantitative estimate of drug-likeness (QED) is 0.907. The Balaban J connectivity index is 2.18. The molecule has 1 aliphatic rings. The van der Waals surface area contributed by atoms with E-state index in [0.717, 1.165) is 30.6 Å². The van der Waals surface area contributed by atoms with Gasteiger partial charge in [0.25, 0.3) is 0 Å². The van der Waals surface area contributed by atoms with Gasteiger partial charge in [-0.3, -0.25) is 4.79 Å². The lowest BCUT2D eigenvalue weighted by Crippen LogP contribution is -2.34. The van der Waals surface area contributed by atoms with Crippen LogP contribution in [0.3, 0.4) is 0 Å². The molecule has 0 bridgehead atoms. The number of fused-ring (bicyclic) bond motifs is 1. The first-order chi connectivity index (χ1) is 9.50. The number of hydrogen-bond acceptors (Lipinski definition) is 3. The lowest BCUT2D eigenvalue weighted by atomic mass is 9.96. The lowest BCUT2D eigenvalue weighted by Gasteiger charge is -2.32. The summed E-state index contributed by atoms with van der Waals surface area (Å²) < 4.78 is 0. The van der Waals surface area contributed by atoms with Gasteiger partial charge >= 0.3 is 5.97 Å². The van der Waals surface area contributed by atoms with Gasteiger partial charge in [-0.25, -0.2) is 4.79 Å². The molecule has 1 aromatic carbocycles. The van der Waals surface area contributed by atoms with Crippen molar-refractivity contribution in [3.05, 3.63) is 29.3 Å². The van der Waals surface area contributed by atoms with Crippen LogP contribution in [0.25, 0.3) is 0 Å². The molecule has 0 spiro atoms. The van der Waals surface area contributed by atoms with Crippen LogP contribution in [0.15, 0.2) is 18.2 Å². The van der Waals surface area contributed by atoms with Crippen LogP contribution < -0.4 is 4.90 Å². The van der Waals surface area contributed by atoms with Crippen molar-refractivity contribution in [3.8, 4) is 0 Å². The standard InChI is InChI=1S/C15H20N2O3/c1-16(2)14(18)8-10-17-9-4-6-11-12(15(19)20)5-3-7-13(11)17/h3,5,7H,4,6,8-10H2,1-2H3,(H,19,20). The Bertz CT molecular complexity index is 526. The molecule has 0 aromatic heterocycles. The monoisotopic (exact) mass is 276 g/mol. The molecule has 0 saturated carbocycles. The number of carbonyl (C=O) groups is 2. The number of hydrogen-bond donors (Lipinski definition) is 1. The zero-order chi connectivity index (χ0) is 14.7. The highest BCUT2D eigenvalue weighted by Crippen LogP contribution is 2.30. The highest BCUT2D eigenvalue weighted by molar-refractivity contribution is 5.91. The van der Waals surface area contributed by atoms with Gasteiger partial charge in [-0.1, -0.05) is 6.07 Å². The van der Waals surface area contributed by atoms with Crippen LogP contribution in [0.5, 0.6) is 0 Å². The van der Waals surface area contributed by atoms with Crippen LogP contribution in [-0.2, 0) is 11.2 Å².